The Labute approximate surface area is 190 Å². The minimum Gasteiger partial charge on any atom is -0.385 e. The molecule has 5 rings (SSSR count). The molecule has 0 aliphatic heterocycles. The first-order chi connectivity index (χ1) is 15.8. The zero-order chi connectivity index (χ0) is 21.8. The molecule has 7 heteroatoms. The first-order valence-electron chi connectivity index (χ1n) is 10.7. The fraction of sp³-hybridized carbons (Fsp3) is 0.200. The van der Waals surface area contributed by atoms with E-state index in [0.29, 0.717) is 5.95 Å². The number of aromatic nitrogens is 3. The molecule has 32 heavy (non-hydrogen) atoms. The molecular weight excluding hydrogens is 418 g/mol. The van der Waals surface area contributed by atoms with Gasteiger partial charge >= 0.3 is 0 Å². The van der Waals surface area contributed by atoms with Gasteiger partial charge in [-0.05, 0) is 54.4 Å². The summed E-state index contributed by atoms with van der Waals surface area (Å²) in [5.74, 6) is 0.603. The van der Waals surface area contributed by atoms with Gasteiger partial charge in [0.15, 0.2) is 0 Å². The van der Waals surface area contributed by atoms with Gasteiger partial charge in [-0.25, -0.2) is 9.97 Å². The van der Waals surface area contributed by atoms with Crippen molar-refractivity contribution in [1.29, 1.82) is 0 Å². The number of nitrogens with zero attached hydrogens (tertiary/aromatic N) is 2. The monoisotopic (exact) mass is 443 g/mol. The highest BCUT2D eigenvalue weighted by atomic mass is 32.1. The van der Waals surface area contributed by atoms with Gasteiger partial charge in [0.2, 0.25) is 5.95 Å². The van der Waals surface area contributed by atoms with E-state index in [2.05, 4.69) is 69.1 Å². The van der Waals surface area contributed by atoms with Crippen LogP contribution in [0.5, 0.6) is 0 Å². The Morgan fingerprint density at radius 3 is 2.84 bits per heavy atom. The van der Waals surface area contributed by atoms with Crippen LogP contribution in [0.2, 0.25) is 0 Å². The molecular formula is C25H25N5OS. The van der Waals surface area contributed by atoms with Gasteiger partial charge in [-0.3, -0.25) is 0 Å². The quantitative estimate of drug-likeness (QED) is 0.255. The Hall–Kier alpha value is -3.26. The molecule has 5 aromatic rings. The zero-order valence-electron chi connectivity index (χ0n) is 17.9. The van der Waals surface area contributed by atoms with Crippen LogP contribution in [0.1, 0.15) is 12.0 Å². The predicted octanol–water partition coefficient (Wildman–Crippen LogP) is 5.71. The van der Waals surface area contributed by atoms with Crippen LogP contribution in [0.4, 0.5) is 11.6 Å². The van der Waals surface area contributed by atoms with E-state index in [1.165, 1.54) is 16.0 Å². The lowest BCUT2D eigenvalue weighted by Crippen LogP contribution is -2.15. The van der Waals surface area contributed by atoms with Crippen LogP contribution in [-0.2, 0) is 11.3 Å². The van der Waals surface area contributed by atoms with E-state index in [0.717, 1.165) is 52.9 Å². The first kappa shape index (κ1) is 20.6. The molecule has 3 aromatic heterocycles. The molecule has 0 fully saturated rings. The second kappa shape index (κ2) is 9.48. The zero-order valence-corrected chi connectivity index (χ0v) is 18.7. The Bertz CT molecular complexity index is 1330. The summed E-state index contributed by atoms with van der Waals surface area (Å²) in [6, 6.07) is 19.1. The number of rotatable bonds is 9. The molecule has 0 saturated carbocycles. The average molecular weight is 444 g/mol. The van der Waals surface area contributed by atoms with Crippen LogP contribution >= 0.6 is 11.3 Å². The van der Waals surface area contributed by atoms with Crippen molar-refractivity contribution in [2.75, 3.05) is 25.6 Å². The molecule has 3 N–H and O–H groups in total. The van der Waals surface area contributed by atoms with Crippen LogP contribution in [0.15, 0.2) is 67.0 Å². The summed E-state index contributed by atoms with van der Waals surface area (Å²) < 4.78 is 6.16. The van der Waals surface area contributed by atoms with Gasteiger partial charge in [0.25, 0.3) is 0 Å². The molecule has 2 aromatic carbocycles. The van der Waals surface area contributed by atoms with E-state index >= 15 is 0 Å². The van der Waals surface area contributed by atoms with Crippen LogP contribution in [-0.4, -0.2) is 35.2 Å². The first-order valence-corrected chi connectivity index (χ1v) is 11.5. The summed E-state index contributed by atoms with van der Waals surface area (Å²) in [4.78, 5) is 13.6. The number of nitrogens with one attached hydrogen (secondary N) is 3. The Kier molecular flexibility index (Phi) is 6.11. The fourth-order valence-electron chi connectivity index (χ4n) is 3.66. The molecule has 0 amide bonds. The number of hydrogen-bond donors (Lipinski definition) is 3. The highest BCUT2D eigenvalue weighted by Crippen LogP contribution is 2.33. The minimum atomic E-state index is 0.603. The number of aromatic amines is 1. The van der Waals surface area contributed by atoms with Crippen LogP contribution in [0.3, 0.4) is 0 Å². The summed E-state index contributed by atoms with van der Waals surface area (Å²) in [5, 5.41) is 7.92. The van der Waals surface area contributed by atoms with Crippen LogP contribution in [0.25, 0.3) is 31.6 Å². The lowest BCUT2D eigenvalue weighted by molar-refractivity contribution is 0.194. The van der Waals surface area contributed by atoms with Gasteiger partial charge in [0.05, 0.1) is 16.4 Å². The summed E-state index contributed by atoms with van der Waals surface area (Å²) in [5.41, 5.74) is 5.51. The molecule has 0 bridgehead atoms. The number of anilines is 2. The molecule has 0 atom stereocenters. The number of hydrogen-bond acceptors (Lipinski definition) is 6. The van der Waals surface area contributed by atoms with E-state index in [1.807, 2.05) is 18.5 Å². The van der Waals surface area contributed by atoms with Crippen molar-refractivity contribution in [3.05, 3.63) is 72.6 Å². The van der Waals surface area contributed by atoms with Gasteiger partial charge in [0.1, 0.15) is 0 Å². The van der Waals surface area contributed by atoms with E-state index < -0.39 is 0 Å². The molecule has 0 saturated heterocycles. The Morgan fingerprint density at radius 2 is 1.97 bits per heavy atom. The van der Waals surface area contributed by atoms with Crippen molar-refractivity contribution < 1.29 is 4.74 Å². The molecule has 0 aliphatic carbocycles. The van der Waals surface area contributed by atoms with Crippen LogP contribution < -0.4 is 10.6 Å². The fourth-order valence-corrected chi connectivity index (χ4v) is 4.64. The van der Waals surface area contributed by atoms with E-state index in [1.54, 1.807) is 18.4 Å². The molecule has 162 valence electrons. The third-order valence-electron chi connectivity index (χ3n) is 5.35. The number of H-pyrrole nitrogens is 1. The van der Waals surface area contributed by atoms with Crippen LogP contribution in [0, 0.1) is 0 Å². The number of ether oxygens (including phenoxy) is 1. The Balaban J connectivity index is 1.28. The number of methoxy groups -OCH3 is 1. The number of fused-ring (bicyclic) bond motifs is 2. The summed E-state index contributed by atoms with van der Waals surface area (Å²) >= 11 is 1.71. The normalized spacial score (nSPS) is 11.4. The van der Waals surface area contributed by atoms with Crippen molar-refractivity contribution >= 4 is 44.1 Å². The molecule has 3 heterocycles. The second-order valence-electron chi connectivity index (χ2n) is 7.68. The highest BCUT2D eigenvalue weighted by molar-refractivity contribution is 7.22. The summed E-state index contributed by atoms with van der Waals surface area (Å²) in [6.45, 7) is 2.62. The molecule has 0 unspecified atom stereocenters. The number of benzene rings is 2. The highest BCUT2D eigenvalue weighted by Gasteiger charge is 2.08. The van der Waals surface area contributed by atoms with Crippen molar-refractivity contribution in [1.82, 2.24) is 20.3 Å². The smallest absolute Gasteiger partial charge is 0.227 e. The third kappa shape index (κ3) is 4.65. The van der Waals surface area contributed by atoms with E-state index in [4.69, 9.17) is 9.72 Å². The summed E-state index contributed by atoms with van der Waals surface area (Å²) in [6.07, 6.45) is 4.86. The second-order valence-corrected chi connectivity index (χ2v) is 8.76. The average Bonchev–Trinajstić information content (AvgIpc) is 3.45. The van der Waals surface area contributed by atoms with Crippen molar-refractivity contribution in [3.63, 3.8) is 0 Å². The number of thiophene rings is 1. The SMILES string of the molecule is COCCCNCc1ccc(-c2cc3nc(Nc4ccc5[nH]ccc5c4)ncc3s2)cc1. The topological polar surface area (TPSA) is 74.9 Å². The largest absolute Gasteiger partial charge is 0.385 e. The molecule has 0 spiro atoms. The van der Waals surface area contributed by atoms with Gasteiger partial charge in [-0.15, -0.1) is 11.3 Å². The maximum Gasteiger partial charge on any atom is 0.227 e. The maximum atomic E-state index is 5.08. The van der Waals surface area contributed by atoms with Gasteiger partial charge in [-0.2, -0.15) is 0 Å². The standard InChI is InChI=1S/C25H25N5OS/c1-31-12-2-10-26-15-17-3-5-18(6-4-17)23-14-22-24(32-23)16-28-25(30-22)29-20-7-8-21-19(13-20)9-11-27-21/h3-9,11,13-14,16,26-27H,2,10,12,15H2,1H3,(H,28,29,30). The van der Waals surface area contributed by atoms with E-state index in [-0.39, 0.29) is 0 Å². The van der Waals surface area contributed by atoms with E-state index in [9.17, 15) is 0 Å². The van der Waals surface area contributed by atoms with Crippen molar-refractivity contribution in [2.45, 2.75) is 13.0 Å². The van der Waals surface area contributed by atoms with Crippen molar-refractivity contribution in [3.8, 4) is 10.4 Å². The maximum absolute atomic E-state index is 5.08. The lowest BCUT2D eigenvalue weighted by Gasteiger charge is -2.05. The molecule has 0 aliphatic rings. The lowest BCUT2D eigenvalue weighted by atomic mass is 10.1. The van der Waals surface area contributed by atoms with Gasteiger partial charge in [0, 0.05) is 47.9 Å². The summed E-state index contributed by atoms with van der Waals surface area (Å²) in [7, 11) is 1.74. The predicted molar refractivity (Wildman–Crippen MR) is 133 cm³/mol. The minimum absolute atomic E-state index is 0.603. The van der Waals surface area contributed by atoms with Gasteiger partial charge in [-0.1, -0.05) is 24.3 Å². The van der Waals surface area contributed by atoms with Crippen molar-refractivity contribution in [2.24, 2.45) is 0 Å². The van der Waals surface area contributed by atoms with Gasteiger partial charge < -0.3 is 20.4 Å². The molecule has 6 nitrogen and oxygen atoms in total. The molecule has 0 radical (unpaired) electrons. The third-order valence-corrected chi connectivity index (χ3v) is 6.46. The Morgan fingerprint density at radius 1 is 1.06 bits per heavy atom.